The number of amides is 1. The molecule has 3 rings (SSSR count). The van der Waals surface area contributed by atoms with E-state index in [1.54, 1.807) is 0 Å². The second-order valence-electron chi connectivity index (χ2n) is 6.83. The summed E-state index contributed by atoms with van der Waals surface area (Å²) in [6.07, 6.45) is 2.40. The summed E-state index contributed by atoms with van der Waals surface area (Å²) < 4.78 is 5.59. The number of primary amides is 1. The highest BCUT2D eigenvalue weighted by Gasteiger charge is 2.46. The molecule has 0 atom stereocenters. The molecule has 0 bridgehead atoms. The van der Waals surface area contributed by atoms with E-state index in [9.17, 15) is 10.1 Å². The Kier molecular flexibility index (Phi) is 4.76. The molecule has 4 nitrogen and oxygen atoms in total. The van der Waals surface area contributed by atoms with Crippen LogP contribution < -0.4 is 5.73 Å². The van der Waals surface area contributed by atoms with E-state index in [1.165, 1.54) is 0 Å². The minimum absolute atomic E-state index is 0.525. The van der Waals surface area contributed by atoms with Crippen LogP contribution in [0.15, 0.2) is 60.7 Å². The summed E-state index contributed by atoms with van der Waals surface area (Å²) >= 11 is 0. The van der Waals surface area contributed by atoms with Crippen LogP contribution in [-0.2, 0) is 16.6 Å². The highest BCUT2D eigenvalue weighted by Crippen LogP contribution is 2.45. The third-order valence-corrected chi connectivity index (χ3v) is 5.24. The molecule has 1 saturated carbocycles. The van der Waals surface area contributed by atoms with Gasteiger partial charge in [0.1, 0.15) is 5.60 Å². The van der Waals surface area contributed by atoms with Crippen LogP contribution in [-0.4, -0.2) is 11.7 Å². The standard InChI is InChI=1S/C21H22N2O2/c22-16-20(18-9-5-2-6-10-18)11-13-21(14-12-20,25-19(23)24)15-17-7-3-1-4-8-17/h1-10H,11-15H2,(H2,23,24). The second kappa shape index (κ2) is 6.98. The van der Waals surface area contributed by atoms with Crippen LogP contribution in [0.1, 0.15) is 36.8 Å². The lowest BCUT2D eigenvalue weighted by atomic mass is 9.65. The number of nitriles is 1. The Morgan fingerprint density at radius 1 is 1.00 bits per heavy atom. The first-order chi connectivity index (χ1) is 12.1. The van der Waals surface area contributed by atoms with Crippen LogP contribution in [0.4, 0.5) is 4.79 Å². The van der Waals surface area contributed by atoms with Gasteiger partial charge in [-0.2, -0.15) is 5.26 Å². The lowest BCUT2D eigenvalue weighted by Gasteiger charge is -2.43. The third-order valence-electron chi connectivity index (χ3n) is 5.24. The monoisotopic (exact) mass is 334 g/mol. The molecule has 0 aliphatic heterocycles. The summed E-state index contributed by atoms with van der Waals surface area (Å²) in [6.45, 7) is 0. The van der Waals surface area contributed by atoms with Gasteiger partial charge in [-0.25, -0.2) is 4.79 Å². The van der Waals surface area contributed by atoms with Crippen molar-refractivity contribution in [2.45, 2.75) is 43.1 Å². The zero-order valence-corrected chi connectivity index (χ0v) is 14.2. The molecular weight excluding hydrogens is 312 g/mol. The van der Waals surface area contributed by atoms with Crippen molar-refractivity contribution in [2.24, 2.45) is 5.73 Å². The first kappa shape index (κ1) is 17.0. The van der Waals surface area contributed by atoms with Crippen molar-refractivity contribution in [1.29, 1.82) is 5.26 Å². The summed E-state index contributed by atoms with van der Waals surface area (Å²) in [5.41, 5.74) is 6.32. The quantitative estimate of drug-likeness (QED) is 0.914. The van der Waals surface area contributed by atoms with Crippen molar-refractivity contribution in [3.63, 3.8) is 0 Å². The average molecular weight is 334 g/mol. The van der Waals surface area contributed by atoms with E-state index in [-0.39, 0.29) is 0 Å². The SMILES string of the molecule is N#CC1(c2ccccc2)CCC(Cc2ccccc2)(OC(N)=O)CC1. The lowest BCUT2D eigenvalue weighted by Crippen LogP contribution is -2.46. The van der Waals surface area contributed by atoms with E-state index >= 15 is 0 Å². The van der Waals surface area contributed by atoms with Crippen LogP contribution >= 0.6 is 0 Å². The first-order valence-corrected chi connectivity index (χ1v) is 8.57. The number of ether oxygens (including phenoxy) is 1. The molecule has 2 aromatic carbocycles. The normalized spacial score (nSPS) is 25.7. The molecular formula is C21H22N2O2. The van der Waals surface area contributed by atoms with Gasteiger partial charge in [0.2, 0.25) is 0 Å². The summed E-state index contributed by atoms with van der Waals surface area (Å²) in [5, 5.41) is 9.85. The van der Waals surface area contributed by atoms with E-state index in [2.05, 4.69) is 6.07 Å². The molecule has 0 radical (unpaired) electrons. The Balaban J connectivity index is 1.84. The second-order valence-corrected chi connectivity index (χ2v) is 6.83. The van der Waals surface area contributed by atoms with Gasteiger partial charge < -0.3 is 10.5 Å². The highest BCUT2D eigenvalue weighted by atomic mass is 16.6. The molecule has 2 aromatic rings. The fourth-order valence-electron chi connectivity index (χ4n) is 3.85. The highest BCUT2D eigenvalue weighted by molar-refractivity contribution is 5.65. The van der Waals surface area contributed by atoms with Crippen molar-refractivity contribution >= 4 is 6.09 Å². The van der Waals surface area contributed by atoms with Crippen molar-refractivity contribution in [1.82, 2.24) is 0 Å². The van der Waals surface area contributed by atoms with Crippen LogP contribution in [0.5, 0.6) is 0 Å². The van der Waals surface area contributed by atoms with Gasteiger partial charge in [-0.05, 0) is 36.8 Å². The topological polar surface area (TPSA) is 76.1 Å². The van der Waals surface area contributed by atoms with Gasteiger partial charge in [-0.15, -0.1) is 0 Å². The lowest BCUT2D eigenvalue weighted by molar-refractivity contribution is -0.0219. The molecule has 0 heterocycles. The molecule has 128 valence electrons. The maximum absolute atomic E-state index is 11.5. The van der Waals surface area contributed by atoms with Gasteiger partial charge in [0.25, 0.3) is 0 Å². The van der Waals surface area contributed by atoms with Crippen molar-refractivity contribution in [2.75, 3.05) is 0 Å². The summed E-state index contributed by atoms with van der Waals surface area (Å²) in [5.74, 6) is 0. The fourth-order valence-corrected chi connectivity index (χ4v) is 3.85. The third kappa shape index (κ3) is 3.66. The van der Waals surface area contributed by atoms with E-state index < -0.39 is 17.1 Å². The largest absolute Gasteiger partial charge is 0.443 e. The number of benzene rings is 2. The number of carbonyl (C=O) groups is 1. The maximum atomic E-state index is 11.5. The Morgan fingerprint density at radius 3 is 2.08 bits per heavy atom. The number of nitrogens with two attached hydrogens (primary N) is 1. The van der Waals surface area contributed by atoms with Gasteiger partial charge >= 0.3 is 6.09 Å². The first-order valence-electron chi connectivity index (χ1n) is 8.57. The molecule has 1 aliphatic carbocycles. The van der Waals surface area contributed by atoms with Gasteiger partial charge in [-0.3, -0.25) is 0 Å². The van der Waals surface area contributed by atoms with Gasteiger partial charge in [0, 0.05) is 6.42 Å². The van der Waals surface area contributed by atoms with E-state index in [0.29, 0.717) is 32.1 Å². The van der Waals surface area contributed by atoms with E-state index in [4.69, 9.17) is 10.5 Å². The molecule has 1 fully saturated rings. The van der Waals surface area contributed by atoms with Crippen LogP contribution in [0.3, 0.4) is 0 Å². The smallest absolute Gasteiger partial charge is 0.405 e. The zero-order chi connectivity index (χ0) is 17.8. The maximum Gasteiger partial charge on any atom is 0.405 e. The van der Waals surface area contributed by atoms with Crippen molar-refractivity contribution < 1.29 is 9.53 Å². The summed E-state index contributed by atoms with van der Waals surface area (Å²) in [6, 6.07) is 22.3. The van der Waals surface area contributed by atoms with Crippen LogP contribution in [0.25, 0.3) is 0 Å². The molecule has 4 heteroatoms. The molecule has 25 heavy (non-hydrogen) atoms. The Labute approximate surface area is 148 Å². The molecule has 1 amide bonds. The average Bonchev–Trinajstić information content (AvgIpc) is 2.64. The molecule has 2 N–H and O–H groups in total. The molecule has 1 aliphatic rings. The number of hydrogen-bond acceptors (Lipinski definition) is 3. The number of carbonyl (C=O) groups excluding carboxylic acids is 1. The van der Waals surface area contributed by atoms with Crippen LogP contribution in [0.2, 0.25) is 0 Å². The van der Waals surface area contributed by atoms with Gasteiger partial charge in [0.05, 0.1) is 11.5 Å². The van der Waals surface area contributed by atoms with Crippen LogP contribution in [0, 0.1) is 11.3 Å². The number of nitrogens with zero attached hydrogens (tertiary/aromatic N) is 1. The molecule has 0 unspecified atom stereocenters. The Morgan fingerprint density at radius 2 is 1.56 bits per heavy atom. The van der Waals surface area contributed by atoms with Gasteiger partial charge in [-0.1, -0.05) is 60.7 Å². The summed E-state index contributed by atoms with van der Waals surface area (Å²) in [7, 11) is 0. The minimum Gasteiger partial charge on any atom is -0.443 e. The summed E-state index contributed by atoms with van der Waals surface area (Å²) in [4.78, 5) is 11.5. The predicted molar refractivity (Wildman–Crippen MR) is 95.7 cm³/mol. The Hall–Kier alpha value is -2.80. The van der Waals surface area contributed by atoms with Crippen molar-refractivity contribution in [3.8, 4) is 6.07 Å². The van der Waals surface area contributed by atoms with Crippen molar-refractivity contribution in [3.05, 3.63) is 71.8 Å². The molecule has 0 aromatic heterocycles. The van der Waals surface area contributed by atoms with E-state index in [0.717, 1.165) is 11.1 Å². The number of hydrogen-bond donors (Lipinski definition) is 1. The minimum atomic E-state index is -0.750. The molecule has 0 saturated heterocycles. The fraction of sp³-hybridized carbons (Fsp3) is 0.333. The zero-order valence-electron chi connectivity index (χ0n) is 14.2. The predicted octanol–water partition coefficient (Wildman–Crippen LogP) is 4.10. The van der Waals surface area contributed by atoms with Gasteiger partial charge in [0.15, 0.2) is 0 Å². The van der Waals surface area contributed by atoms with E-state index in [1.807, 2.05) is 60.7 Å². The molecule has 0 spiro atoms. The Bertz CT molecular complexity index is 757. The number of rotatable bonds is 4.